The quantitative estimate of drug-likeness (QED) is 0.849. The van der Waals surface area contributed by atoms with E-state index in [1.54, 1.807) is 18.2 Å². The van der Waals surface area contributed by atoms with E-state index in [4.69, 9.17) is 9.47 Å². The van der Waals surface area contributed by atoms with Crippen LogP contribution in [0.25, 0.3) is 0 Å². The Labute approximate surface area is 158 Å². The average Bonchev–Trinajstić information content (AvgIpc) is 3.32. The molecule has 2 aromatic rings. The fraction of sp³-hybridized carbons (Fsp3) is 0.381. The number of amides is 1. The molecule has 5 nitrogen and oxygen atoms in total. The first-order valence-corrected chi connectivity index (χ1v) is 9.10. The van der Waals surface area contributed by atoms with Crippen LogP contribution in [0.4, 0.5) is 4.39 Å². The van der Waals surface area contributed by atoms with E-state index < -0.39 is 5.41 Å². The summed E-state index contributed by atoms with van der Waals surface area (Å²) in [7, 11) is 3.93. The number of ether oxygens (including phenoxy) is 2. The number of carbonyl (C=O) groups excluding carboxylic acids is 1. The van der Waals surface area contributed by atoms with Crippen LogP contribution in [0.15, 0.2) is 42.5 Å². The van der Waals surface area contributed by atoms with Crippen molar-refractivity contribution in [2.24, 2.45) is 0 Å². The van der Waals surface area contributed by atoms with Gasteiger partial charge in [0.15, 0.2) is 11.5 Å². The number of benzene rings is 2. The molecule has 1 fully saturated rings. The largest absolute Gasteiger partial charge is 0.454 e. The van der Waals surface area contributed by atoms with Gasteiger partial charge < -0.3 is 19.7 Å². The zero-order valence-corrected chi connectivity index (χ0v) is 15.5. The topological polar surface area (TPSA) is 50.8 Å². The second kappa shape index (κ2) is 6.85. The van der Waals surface area contributed by atoms with Crippen molar-refractivity contribution in [3.8, 4) is 11.5 Å². The maximum absolute atomic E-state index is 14.2. The molecule has 0 radical (unpaired) electrons. The van der Waals surface area contributed by atoms with Crippen LogP contribution in [-0.4, -0.2) is 38.2 Å². The first kappa shape index (κ1) is 17.8. The zero-order valence-electron chi connectivity index (χ0n) is 15.5. The summed E-state index contributed by atoms with van der Waals surface area (Å²) in [5.74, 6) is 1.03. The molecule has 4 rings (SSSR count). The maximum Gasteiger partial charge on any atom is 0.231 e. The summed E-state index contributed by atoms with van der Waals surface area (Å²) in [5.41, 5.74) is 0.796. The molecule has 6 heteroatoms. The molecule has 1 atom stereocenters. The van der Waals surface area contributed by atoms with E-state index in [1.807, 2.05) is 37.2 Å². The maximum atomic E-state index is 14.2. The highest BCUT2D eigenvalue weighted by Gasteiger charge is 2.52. The van der Waals surface area contributed by atoms with Crippen LogP contribution < -0.4 is 14.8 Å². The third-order valence-electron chi connectivity index (χ3n) is 5.43. The average molecular weight is 370 g/mol. The fourth-order valence-electron chi connectivity index (χ4n) is 3.67. The van der Waals surface area contributed by atoms with Crippen molar-refractivity contribution >= 4 is 5.91 Å². The Morgan fingerprint density at radius 1 is 1.19 bits per heavy atom. The lowest BCUT2D eigenvalue weighted by Crippen LogP contribution is -2.40. The Balaban J connectivity index is 1.49. The lowest BCUT2D eigenvalue weighted by atomic mass is 9.94. The molecule has 2 aliphatic rings. The molecule has 0 aromatic heterocycles. The smallest absolute Gasteiger partial charge is 0.231 e. The van der Waals surface area contributed by atoms with Gasteiger partial charge in [0, 0.05) is 12.1 Å². The molecule has 1 saturated carbocycles. The van der Waals surface area contributed by atoms with E-state index in [9.17, 15) is 9.18 Å². The second-order valence-electron chi connectivity index (χ2n) is 7.36. The normalized spacial score (nSPS) is 17.6. The number of carbonyl (C=O) groups is 1. The summed E-state index contributed by atoms with van der Waals surface area (Å²) in [4.78, 5) is 14.9. The van der Waals surface area contributed by atoms with Crippen LogP contribution in [0, 0.1) is 5.82 Å². The van der Waals surface area contributed by atoms with Gasteiger partial charge in [0.05, 0.1) is 11.5 Å². The van der Waals surface area contributed by atoms with Gasteiger partial charge in [0.25, 0.3) is 0 Å². The van der Waals surface area contributed by atoms with Gasteiger partial charge in [-0.2, -0.15) is 0 Å². The van der Waals surface area contributed by atoms with Crippen LogP contribution in [0.5, 0.6) is 11.5 Å². The van der Waals surface area contributed by atoms with E-state index in [-0.39, 0.29) is 24.6 Å². The van der Waals surface area contributed by atoms with Crippen molar-refractivity contribution < 1.29 is 18.7 Å². The number of hydrogen-bond acceptors (Lipinski definition) is 4. The lowest BCUT2D eigenvalue weighted by Gasteiger charge is -2.26. The zero-order chi connectivity index (χ0) is 19.0. The van der Waals surface area contributed by atoms with Crippen LogP contribution >= 0.6 is 0 Å². The number of hydrogen-bond donors (Lipinski definition) is 1. The molecule has 1 amide bonds. The Morgan fingerprint density at radius 3 is 2.63 bits per heavy atom. The number of likely N-dealkylation sites (N-methyl/N-ethyl adjacent to an activating group) is 1. The summed E-state index contributed by atoms with van der Waals surface area (Å²) in [6, 6.07) is 12.3. The van der Waals surface area contributed by atoms with Crippen molar-refractivity contribution in [2.45, 2.75) is 24.3 Å². The van der Waals surface area contributed by atoms with E-state index in [2.05, 4.69) is 5.32 Å². The van der Waals surface area contributed by atoms with Crippen molar-refractivity contribution in [1.29, 1.82) is 0 Å². The Hall–Kier alpha value is -2.60. The molecule has 1 N–H and O–H groups in total. The minimum absolute atomic E-state index is 0.0279. The molecule has 27 heavy (non-hydrogen) atoms. The summed E-state index contributed by atoms with van der Waals surface area (Å²) >= 11 is 0. The van der Waals surface area contributed by atoms with Gasteiger partial charge >= 0.3 is 0 Å². The molecule has 1 aliphatic carbocycles. The molecule has 2 aromatic carbocycles. The molecule has 1 aliphatic heterocycles. The number of nitrogens with one attached hydrogen (secondary N) is 1. The van der Waals surface area contributed by atoms with E-state index >= 15 is 0 Å². The van der Waals surface area contributed by atoms with Crippen molar-refractivity contribution in [3.63, 3.8) is 0 Å². The van der Waals surface area contributed by atoms with Gasteiger partial charge in [0.2, 0.25) is 12.7 Å². The third-order valence-corrected chi connectivity index (χ3v) is 5.43. The molecule has 0 saturated heterocycles. The molecule has 142 valence electrons. The Kier molecular flexibility index (Phi) is 4.52. The first-order chi connectivity index (χ1) is 13.0. The second-order valence-corrected chi connectivity index (χ2v) is 7.36. The van der Waals surface area contributed by atoms with Crippen molar-refractivity contribution in [2.75, 3.05) is 27.4 Å². The Bertz CT molecular complexity index is 864. The number of nitrogens with zero attached hydrogens (tertiary/aromatic N) is 1. The number of rotatable bonds is 6. The van der Waals surface area contributed by atoms with Crippen molar-refractivity contribution in [3.05, 3.63) is 59.4 Å². The van der Waals surface area contributed by atoms with Gasteiger partial charge in [-0.1, -0.05) is 24.3 Å². The number of fused-ring (bicyclic) bond motifs is 1. The highest BCUT2D eigenvalue weighted by atomic mass is 19.1. The van der Waals surface area contributed by atoms with Gasteiger partial charge in [0.1, 0.15) is 5.82 Å². The fourth-order valence-corrected chi connectivity index (χ4v) is 3.67. The summed E-state index contributed by atoms with van der Waals surface area (Å²) < 4.78 is 25.0. The molecular weight excluding hydrogens is 347 g/mol. The monoisotopic (exact) mass is 370 g/mol. The standard InChI is InChI=1S/C21H23FN2O3/c1-24(2)17(14-7-8-18-19(11-14)27-13-26-18)12-23-20(25)21(9-10-21)15-5-3-4-6-16(15)22/h3-8,11,17H,9-10,12-13H2,1-2H3,(H,23,25). The molecule has 0 spiro atoms. The van der Waals surface area contributed by atoms with Gasteiger partial charge in [-0.15, -0.1) is 0 Å². The molecule has 0 bridgehead atoms. The van der Waals surface area contributed by atoms with Gasteiger partial charge in [-0.3, -0.25) is 4.79 Å². The summed E-state index contributed by atoms with van der Waals surface area (Å²) in [6.45, 7) is 0.662. The van der Waals surface area contributed by atoms with Crippen LogP contribution in [0.2, 0.25) is 0 Å². The highest BCUT2D eigenvalue weighted by Crippen LogP contribution is 2.49. The minimum atomic E-state index is -0.725. The van der Waals surface area contributed by atoms with Gasteiger partial charge in [-0.05, 0) is 50.7 Å². The highest BCUT2D eigenvalue weighted by molar-refractivity contribution is 5.91. The molecular formula is C21H23FN2O3. The van der Waals surface area contributed by atoms with Crippen LogP contribution in [-0.2, 0) is 10.2 Å². The summed E-state index contributed by atoms with van der Waals surface area (Å²) in [5, 5.41) is 3.04. The van der Waals surface area contributed by atoms with Crippen molar-refractivity contribution in [1.82, 2.24) is 10.2 Å². The van der Waals surface area contributed by atoms with E-state index in [0.29, 0.717) is 24.9 Å². The first-order valence-electron chi connectivity index (χ1n) is 9.10. The van der Waals surface area contributed by atoms with Gasteiger partial charge in [-0.25, -0.2) is 4.39 Å². The predicted octanol–water partition coefficient (Wildman–Crippen LogP) is 3.01. The van der Waals surface area contributed by atoms with Crippen LogP contribution in [0.3, 0.4) is 0 Å². The molecule has 1 unspecified atom stereocenters. The van der Waals surface area contributed by atoms with E-state index in [0.717, 1.165) is 17.1 Å². The predicted molar refractivity (Wildman–Crippen MR) is 99.3 cm³/mol. The van der Waals surface area contributed by atoms with Crippen LogP contribution in [0.1, 0.15) is 30.0 Å². The minimum Gasteiger partial charge on any atom is -0.454 e. The number of halogens is 1. The third kappa shape index (κ3) is 3.25. The lowest BCUT2D eigenvalue weighted by molar-refractivity contribution is -0.123. The van der Waals surface area contributed by atoms with E-state index in [1.165, 1.54) is 6.07 Å². The molecule has 1 heterocycles. The Morgan fingerprint density at radius 2 is 1.93 bits per heavy atom. The summed E-state index contributed by atoms with van der Waals surface area (Å²) in [6.07, 6.45) is 1.35. The SMILES string of the molecule is CN(C)C(CNC(=O)C1(c2ccccc2F)CC1)c1ccc2c(c1)OCO2.